The molecule has 0 saturated heterocycles. The molecule has 2 atom stereocenters. The van der Waals surface area contributed by atoms with Gasteiger partial charge < -0.3 is 9.47 Å². The molecule has 2 aliphatic rings. The zero-order chi connectivity index (χ0) is 18.7. The van der Waals surface area contributed by atoms with Gasteiger partial charge in [-0.15, -0.1) is 0 Å². The minimum Gasteiger partial charge on any atom is -0.478 e. The maximum absolute atomic E-state index is 6.11. The van der Waals surface area contributed by atoms with Gasteiger partial charge in [0.25, 0.3) is 0 Å². The summed E-state index contributed by atoms with van der Waals surface area (Å²) in [5.41, 5.74) is 1.94. The number of ether oxygens (including phenoxy) is 2. The molecule has 27 heavy (non-hydrogen) atoms. The van der Waals surface area contributed by atoms with Crippen molar-refractivity contribution in [1.29, 1.82) is 0 Å². The maximum Gasteiger partial charge on any atom is 0.200 e. The average molecular weight is 362 g/mol. The van der Waals surface area contributed by atoms with Crippen molar-refractivity contribution in [2.45, 2.75) is 38.8 Å². The lowest BCUT2D eigenvalue weighted by Gasteiger charge is -2.32. The standard InChI is InChI=1S/C23H26N2O2/c1-17-15-26-21(24-17)23(22-25-18(2)16-27-22,13-19-9-5-3-6-10-19)14-20-11-7-4-8-12-20/h3-12,17-18H,13-16H2,1-2H3. The van der Waals surface area contributed by atoms with Crippen LogP contribution in [0.25, 0.3) is 0 Å². The number of hydrogen-bond donors (Lipinski definition) is 0. The highest BCUT2D eigenvalue weighted by Crippen LogP contribution is 2.37. The molecule has 0 aliphatic carbocycles. The van der Waals surface area contributed by atoms with Crippen LogP contribution in [0.15, 0.2) is 70.6 Å². The third-order valence-corrected chi connectivity index (χ3v) is 5.11. The Labute approximate surface area is 161 Å². The van der Waals surface area contributed by atoms with Gasteiger partial charge in [0.2, 0.25) is 0 Å². The SMILES string of the molecule is CC1COC(C(Cc2ccccc2)(Cc2ccccc2)C2=NC(C)CO2)=N1. The quantitative estimate of drug-likeness (QED) is 0.777. The molecule has 0 saturated carbocycles. The van der Waals surface area contributed by atoms with Crippen LogP contribution in [0.1, 0.15) is 25.0 Å². The van der Waals surface area contributed by atoms with E-state index in [0.717, 1.165) is 24.6 Å². The van der Waals surface area contributed by atoms with E-state index >= 15 is 0 Å². The predicted molar refractivity (Wildman–Crippen MR) is 108 cm³/mol. The first-order chi connectivity index (χ1) is 13.2. The van der Waals surface area contributed by atoms with Crippen LogP contribution in [0, 0.1) is 5.41 Å². The highest BCUT2D eigenvalue weighted by atomic mass is 16.5. The molecular weight excluding hydrogens is 336 g/mol. The molecule has 2 aromatic carbocycles. The predicted octanol–water partition coefficient (Wildman–Crippen LogP) is 4.09. The fourth-order valence-electron chi connectivity index (χ4n) is 3.82. The monoisotopic (exact) mass is 362 g/mol. The number of nitrogens with zero attached hydrogens (tertiary/aromatic N) is 2. The van der Waals surface area contributed by atoms with Gasteiger partial charge in [-0.1, -0.05) is 60.7 Å². The lowest BCUT2D eigenvalue weighted by Crippen LogP contribution is -2.44. The Kier molecular flexibility index (Phi) is 4.97. The zero-order valence-corrected chi connectivity index (χ0v) is 16.0. The van der Waals surface area contributed by atoms with Gasteiger partial charge in [0.15, 0.2) is 11.8 Å². The van der Waals surface area contributed by atoms with Crippen LogP contribution in [0.4, 0.5) is 0 Å². The van der Waals surface area contributed by atoms with Crippen LogP contribution in [0.3, 0.4) is 0 Å². The Balaban J connectivity index is 1.82. The Morgan fingerprint density at radius 3 is 1.48 bits per heavy atom. The minimum atomic E-state index is -0.516. The van der Waals surface area contributed by atoms with Crippen LogP contribution < -0.4 is 0 Å². The first kappa shape index (κ1) is 17.8. The Morgan fingerprint density at radius 1 is 0.741 bits per heavy atom. The van der Waals surface area contributed by atoms with Gasteiger partial charge in [-0.05, 0) is 37.8 Å². The van der Waals surface area contributed by atoms with Crippen molar-refractivity contribution >= 4 is 11.8 Å². The molecule has 140 valence electrons. The molecule has 4 rings (SSSR count). The third kappa shape index (κ3) is 3.75. The fraction of sp³-hybridized carbons (Fsp3) is 0.391. The summed E-state index contributed by atoms with van der Waals surface area (Å²) >= 11 is 0. The van der Waals surface area contributed by atoms with Gasteiger partial charge in [-0.25, -0.2) is 9.98 Å². The summed E-state index contributed by atoms with van der Waals surface area (Å²) in [5, 5.41) is 0. The van der Waals surface area contributed by atoms with E-state index in [2.05, 4.69) is 62.4 Å². The van der Waals surface area contributed by atoms with Gasteiger partial charge in [-0.3, -0.25) is 0 Å². The van der Waals surface area contributed by atoms with Crippen LogP contribution in [0.2, 0.25) is 0 Å². The number of hydrogen-bond acceptors (Lipinski definition) is 4. The lowest BCUT2D eigenvalue weighted by atomic mass is 9.75. The van der Waals surface area contributed by atoms with Crippen molar-refractivity contribution in [2.24, 2.45) is 15.4 Å². The van der Waals surface area contributed by atoms with Gasteiger partial charge in [0.05, 0.1) is 12.1 Å². The van der Waals surface area contributed by atoms with Gasteiger partial charge in [-0.2, -0.15) is 0 Å². The highest BCUT2D eigenvalue weighted by Gasteiger charge is 2.48. The van der Waals surface area contributed by atoms with Crippen LogP contribution in [-0.2, 0) is 22.3 Å². The minimum absolute atomic E-state index is 0.158. The smallest absolute Gasteiger partial charge is 0.200 e. The Morgan fingerprint density at radius 2 is 1.15 bits per heavy atom. The molecular formula is C23H26N2O2. The van der Waals surface area contributed by atoms with Crippen LogP contribution >= 0.6 is 0 Å². The molecule has 0 N–H and O–H groups in total. The largest absolute Gasteiger partial charge is 0.478 e. The Hall–Kier alpha value is -2.62. The van der Waals surface area contributed by atoms with Crippen LogP contribution in [-0.4, -0.2) is 37.1 Å². The van der Waals surface area contributed by atoms with E-state index in [-0.39, 0.29) is 12.1 Å². The molecule has 2 unspecified atom stereocenters. The van der Waals surface area contributed by atoms with Gasteiger partial charge in [0, 0.05) is 0 Å². The van der Waals surface area contributed by atoms with E-state index in [1.165, 1.54) is 11.1 Å². The summed E-state index contributed by atoms with van der Waals surface area (Å²) in [6.07, 6.45) is 1.50. The van der Waals surface area contributed by atoms with E-state index in [1.807, 2.05) is 12.1 Å². The molecule has 0 aromatic heterocycles. The molecule has 2 heterocycles. The summed E-state index contributed by atoms with van der Waals surface area (Å²) in [5.74, 6) is 1.52. The first-order valence-electron chi connectivity index (χ1n) is 9.66. The lowest BCUT2D eigenvalue weighted by molar-refractivity contribution is 0.252. The van der Waals surface area contributed by atoms with Gasteiger partial charge in [0.1, 0.15) is 18.6 Å². The van der Waals surface area contributed by atoms with Crippen molar-refractivity contribution in [3.05, 3.63) is 71.8 Å². The second kappa shape index (κ2) is 7.55. The Bertz CT molecular complexity index is 758. The highest BCUT2D eigenvalue weighted by molar-refractivity contribution is 6.06. The molecule has 2 aromatic rings. The fourth-order valence-corrected chi connectivity index (χ4v) is 3.82. The summed E-state index contributed by atoms with van der Waals surface area (Å²) in [6.45, 7) is 5.40. The van der Waals surface area contributed by atoms with Crippen molar-refractivity contribution in [3.63, 3.8) is 0 Å². The maximum atomic E-state index is 6.11. The third-order valence-electron chi connectivity index (χ3n) is 5.11. The summed E-state index contributed by atoms with van der Waals surface area (Å²) in [6, 6.07) is 21.3. The number of rotatable bonds is 6. The molecule has 0 radical (unpaired) electrons. The molecule has 0 fully saturated rings. The normalized spacial score (nSPS) is 22.0. The van der Waals surface area contributed by atoms with Crippen molar-refractivity contribution in [1.82, 2.24) is 0 Å². The summed E-state index contributed by atoms with van der Waals surface area (Å²) < 4.78 is 12.2. The summed E-state index contributed by atoms with van der Waals surface area (Å²) in [4.78, 5) is 9.71. The molecule has 4 heteroatoms. The molecule has 0 amide bonds. The van der Waals surface area contributed by atoms with Crippen molar-refractivity contribution < 1.29 is 9.47 Å². The zero-order valence-electron chi connectivity index (χ0n) is 16.0. The molecule has 0 spiro atoms. The van der Waals surface area contributed by atoms with E-state index in [4.69, 9.17) is 19.5 Å². The summed E-state index contributed by atoms with van der Waals surface area (Å²) in [7, 11) is 0. The van der Waals surface area contributed by atoms with Crippen molar-refractivity contribution in [2.75, 3.05) is 13.2 Å². The van der Waals surface area contributed by atoms with E-state index < -0.39 is 5.41 Å². The number of aliphatic imine (C=N–C) groups is 2. The van der Waals surface area contributed by atoms with E-state index in [0.29, 0.717) is 13.2 Å². The van der Waals surface area contributed by atoms with Crippen molar-refractivity contribution in [3.8, 4) is 0 Å². The second-order valence-corrected chi connectivity index (χ2v) is 7.60. The van der Waals surface area contributed by atoms with Crippen LogP contribution in [0.5, 0.6) is 0 Å². The van der Waals surface area contributed by atoms with Gasteiger partial charge >= 0.3 is 0 Å². The second-order valence-electron chi connectivity index (χ2n) is 7.60. The molecule has 0 bridgehead atoms. The average Bonchev–Trinajstić information content (AvgIpc) is 3.32. The van der Waals surface area contributed by atoms with E-state index in [1.54, 1.807) is 0 Å². The van der Waals surface area contributed by atoms with E-state index in [9.17, 15) is 0 Å². The number of benzene rings is 2. The molecule has 2 aliphatic heterocycles. The first-order valence-corrected chi connectivity index (χ1v) is 9.66. The molecule has 4 nitrogen and oxygen atoms in total. The topological polar surface area (TPSA) is 43.2 Å².